The van der Waals surface area contributed by atoms with Crippen LogP contribution in [0.2, 0.25) is 0 Å². The van der Waals surface area contributed by atoms with Gasteiger partial charge in [0.05, 0.1) is 0 Å². The van der Waals surface area contributed by atoms with E-state index >= 15 is 0 Å². The van der Waals surface area contributed by atoms with E-state index in [2.05, 4.69) is 34.6 Å². The molecule has 27 heavy (non-hydrogen) atoms. The Morgan fingerprint density at radius 3 is 2.78 bits per heavy atom. The number of nitrogens with zero attached hydrogens (tertiary/aromatic N) is 2. The largest absolute Gasteiger partial charge is 0.310 e. The minimum atomic E-state index is 0.0604. The molecule has 2 heterocycles. The number of nitrogens with one attached hydrogen (secondary N) is 2. The molecule has 1 saturated carbocycles. The van der Waals surface area contributed by atoms with Crippen LogP contribution in [0.4, 0.5) is 0 Å². The second-order valence-electron chi connectivity index (χ2n) is 8.02. The van der Waals surface area contributed by atoms with Crippen molar-refractivity contribution >= 4 is 11.0 Å². The van der Waals surface area contributed by atoms with Gasteiger partial charge in [-0.2, -0.15) is 5.10 Å². The lowest BCUT2D eigenvalue weighted by Gasteiger charge is -2.26. The molecule has 0 radical (unpaired) electrons. The van der Waals surface area contributed by atoms with Crippen molar-refractivity contribution in [2.45, 2.75) is 57.5 Å². The van der Waals surface area contributed by atoms with Gasteiger partial charge in [-0.05, 0) is 55.7 Å². The van der Waals surface area contributed by atoms with Crippen molar-refractivity contribution in [2.24, 2.45) is 7.05 Å². The molecule has 2 aromatic heterocycles. The van der Waals surface area contributed by atoms with Crippen molar-refractivity contribution in [1.29, 1.82) is 0 Å². The number of benzene rings is 1. The van der Waals surface area contributed by atoms with Crippen LogP contribution >= 0.6 is 0 Å². The third-order valence-corrected chi connectivity index (χ3v) is 6.22. The third-order valence-electron chi connectivity index (χ3n) is 6.22. The van der Waals surface area contributed by atoms with E-state index in [9.17, 15) is 4.79 Å². The van der Waals surface area contributed by atoms with Crippen LogP contribution in [0, 0.1) is 0 Å². The summed E-state index contributed by atoms with van der Waals surface area (Å²) >= 11 is 0. The summed E-state index contributed by atoms with van der Waals surface area (Å²) in [5.41, 5.74) is 6.49. The lowest BCUT2D eigenvalue weighted by molar-refractivity contribution is 0.338. The predicted molar refractivity (Wildman–Crippen MR) is 108 cm³/mol. The first-order chi connectivity index (χ1) is 13.2. The van der Waals surface area contributed by atoms with E-state index in [4.69, 9.17) is 5.10 Å². The highest BCUT2D eigenvalue weighted by atomic mass is 16.1. The Bertz CT molecular complexity index is 1060. The fourth-order valence-electron chi connectivity index (χ4n) is 4.47. The van der Waals surface area contributed by atoms with Crippen molar-refractivity contribution < 1.29 is 0 Å². The Morgan fingerprint density at radius 1 is 1.19 bits per heavy atom. The number of hydrogen-bond donors (Lipinski definition) is 2. The first-order valence-electron chi connectivity index (χ1n) is 10.1. The number of pyridine rings is 1. The minimum Gasteiger partial charge on any atom is -0.310 e. The number of H-pyrrole nitrogens is 1. The smallest absolute Gasteiger partial charge is 0.253 e. The Kier molecular flexibility index (Phi) is 4.12. The molecule has 2 aliphatic rings. The van der Waals surface area contributed by atoms with Crippen LogP contribution in [-0.2, 0) is 26.4 Å². The highest BCUT2D eigenvalue weighted by Crippen LogP contribution is 2.33. The average molecular weight is 362 g/mol. The Morgan fingerprint density at radius 2 is 2.00 bits per heavy atom. The standard InChI is InChI=1S/C22H26N4O/c1-26-21-19(17-10-2-3-11-18(17)22(27)24-21)20(25-26)15-7-4-6-14(12-15)13-23-16-8-5-9-16/h4,6-7,12,16,23H,2-3,5,8-11,13H2,1H3,(H,24,27). The fourth-order valence-corrected chi connectivity index (χ4v) is 4.47. The topological polar surface area (TPSA) is 62.7 Å². The highest BCUT2D eigenvalue weighted by Gasteiger charge is 2.22. The summed E-state index contributed by atoms with van der Waals surface area (Å²) < 4.78 is 1.82. The third kappa shape index (κ3) is 2.90. The Hall–Kier alpha value is -2.40. The second-order valence-corrected chi connectivity index (χ2v) is 8.02. The zero-order valence-corrected chi connectivity index (χ0v) is 15.8. The van der Waals surface area contributed by atoms with E-state index in [1.807, 2.05) is 11.7 Å². The van der Waals surface area contributed by atoms with Gasteiger partial charge in [-0.3, -0.25) is 9.48 Å². The number of hydrogen-bond acceptors (Lipinski definition) is 3. The number of aromatic nitrogens is 3. The fraction of sp³-hybridized carbons (Fsp3) is 0.455. The summed E-state index contributed by atoms with van der Waals surface area (Å²) in [6, 6.07) is 9.35. The highest BCUT2D eigenvalue weighted by molar-refractivity contribution is 5.94. The van der Waals surface area contributed by atoms with Crippen LogP contribution in [-0.4, -0.2) is 20.8 Å². The van der Waals surface area contributed by atoms with E-state index in [1.54, 1.807) is 0 Å². The molecule has 0 atom stereocenters. The molecule has 0 bridgehead atoms. The van der Waals surface area contributed by atoms with Crippen LogP contribution in [0.5, 0.6) is 0 Å². The summed E-state index contributed by atoms with van der Waals surface area (Å²) in [6.45, 7) is 0.901. The van der Waals surface area contributed by atoms with E-state index < -0.39 is 0 Å². The predicted octanol–water partition coefficient (Wildman–Crippen LogP) is 3.45. The number of aromatic amines is 1. The van der Waals surface area contributed by atoms with Crippen molar-refractivity contribution in [2.75, 3.05) is 0 Å². The van der Waals surface area contributed by atoms with E-state index in [-0.39, 0.29) is 5.56 Å². The molecule has 1 fully saturated rings. The van der Waals surface area contributed by atoms with E-state index in [1.165, 1.54) is 30.4 Å². The van der Waals surface area contributed by atoms with E-state index in [0.29, 0.717) is 6.04 Å². The molecular weight excluding hydrogens is 336 g/mol. The molecule has 0 aliphatic heterocycles. The van der Waals surface area contributed by atoms with Crippen LogP contribution in [0.15, 0.2) is 29.1 Å². The van der Waals surface area contributed by atoms with Gasteiger partial charge in [-0.1, -0.05) is 24.6 Å². The number of rotatable bonds is 4. The summed E-state index contributed by atoms with van der Waals surface area (Å²) in [5.74, 6) is 0. The molecule has 5 heteroatoms. The van der Waals surface area contributed by atoms with Gasteiger partial charge in [0.25, 0.3) is 5.56 Å². The summed E-state index contributed by atoms with van der Waals surface area (Å²) in [6.07, 6.45) is 8.03. The van der Waals surface area contributed by atoms with Crippen molar-refractivity contribution in [3.05, 3.63) is 51.3 Å². The van der Waals surface area contributed by atoms with Crippen LogP contribution < -0.4 is 10.9 Å². The van der Waals surface area contributed by atoms with E-state index in [0.717, 1.165) is 60.1 Å². The minimum absolute atomic E-state index is 0.0604. The zero-order valence-electron chi connectivity index (χ0n) is 15.8. The first kappa shape index (κ1) is 16.8. The molecule has 5 nitrogen and oxygen atoms in total. The molecule has 0 saturated heterocycles. The van der Waals surface area contributed by atoms with Crippen LogP contribution in [0.25, 0.3) is 22.3 Å². The SMILES string of the molecule is Cn1nc(-c2cccc(CNC3CCC3)c2)c2c3c(c(=O)[nH]c21)CCCC3. The molecule has 3 aromatic rings. The average Bonchev–Trinajstić information content (AvgIpc) is 2.98. The number of aryl methyl sites for hydroxylation is 2. The molecule has 140 valence electrons. The van der Waals surface area contributed by atoms with Gasteiger partial charge < -0.3 is 10.3 Å². The molecule has 1 aromatic carbocycles. The lowest BCUT2D eigenvalue weighted by atomic mass is 9.89. The molecule has 2 N–H and O–H groups in total. The molecule has 0 spiro atoms. The van der Waals surface area contributed by atoms with Gasteiger partial charge in [0.2, 0.25) is 0 Å². The first-order valence-corrected chi connectivity index (χ1v) is 10.1. The molecular formula is C22H26N4O. The van der Waals surface area contributed by atoms with Gasteiger partial charge in [0.1, 0.15) is 11.3 Å². The maximum Gasteiger partial charge on any atom is 0.253 e. The van der Waals surface area contributed by atoms with Gasteiger partial charge >= 0.3 is 0 Å². The quantitative estimate of drug-likeness (QED) is 0.747. The van der Waals surface area contributed by atoms with Gasteiger partial charge in [-0.25, -0.2) is 0 Å². The monoisotopic (exact) mass is 362 g/mol. The maximum absolute atomic E-state index is 12.5. The summed E-state index contributed by atoms with van der Waals surface area (Å²) in [7, 11) is 1.92. The maximum atomic E-state index is 12.5. The summed E-state index contributed by atoms with van der Waals surface area (Å²) in [4.78, 5) is 15.6. The zero-order chi connectivity index (χ0) is 18.4. The molecule has 2 aliphatic carbocycles. The van der Waals surface area contributed by atoms with Crippen molar-refractivity contribution in [3.8, 4) is 11.3 Å². The van der Waals surface area contributed by atoms with Gasteiger partial charge in [0.15, 0.2) is 0 Å². The Labute approximate surface area is 158 Å². The van der Waals surface area contributed by atoms with Crippen molar-refractivity contribution in [3.63, 3.8) is 0 Å². The van der Waals surface area contributed by atoms with Gasteiger partial charge in [0, 0.05) is 36.1 Å². The summed E-state index contributed by atoms with van der Waals surface area (Å²) in [5, 5.41) is 9.57. The normalized spacial score (nSPS) is 17.1. The van der Waals surface area contributed by atoms with Gasteiger partial charge in [-0.15, -0.1) is 0 Å². The van der Waals surface area contributed by atoms with Crippen LogP contribution in [0.3, 0.4) is 0 Å². The number of fused-ring (bicyclic) bond motifs is 3. The lowest BCUT2D eigenvalue weighted by Crippen LogP contribution is -2.34. The molecule has 5 rings (SSSR count). The Balaban J connectivity index is 1.59. The van der Waals surface area contributed by atoms with Crippen molar-refractivity contribution in [1.82, 2.24) is 20.1 Å². The molecule has 0 amide bonds. The second kappa shape index (κ2) is 6.64. The molecule has 0 unspecified atom stereocenters. The van der Waals surface area contributed by atoms with Crippen LogP contribution in [0.1, 0.15) is 48.8 Å².